The molecular formula is C24H27N7O3S. The van der Waals surface area contributed by atoms with Gasteiger partial charge in [-0.2, -0.15) is 0 Å². The van der Waals surface area contributed by atoms with E-state index in [1.807, 2.05) is 30.5 Å². The molecule has 3 aromatic rings. The van der Waals surface area contributed by atoms with Crippen LogP contribution in [0.3, 0.4) is 0 Å². The number of anilines is 1. The number of aliphatic imine (C=N–C) groups is 1. The van der Waals surface area contributed by atoms with Gasteiger partial charge < -0.3 is 19.7 Å². The van der Waals surface area contributed by atoms with Crippen LogP contribution in [-0.4, -0.2) is 72.5 Å². The van der Waals surface area contributed by atoms with Crippen LogP contribution >= 0.6 is 11.3 Å². The summed E-state index contributed by atoms with van der Waals surface area (Å²) in [4.78, 5) is 38.0. The third-order valence-corrected chi connectivity index (χ3v) is 6.23. The lowest BCUT2D eigenvalue weighted by molar-refractivity contribution is 0.0956. The van der Waals surface area contributed by atoms with E-state index in [0.29, 0.717) is 68.2 Å². The van der Waals surface area contributed by atoms with Gasteiger partial charge in [0.2, 0.25) is 0 Å². The molecule has 1 aliphatic rings. The molecule has 1 saturated heterocycles. The van der Waals surface area contributed by atoms with Gasteiger partial charge in [-0.15, -0.1) is 11.3 Å². The van der Waals surface area contributed by atoms with Crippen LogP contribution in [0.4, 0.5) is 5.82 Å². The molecule has 4 rings (SSSR count). The van der Waals surface area contributed by atoms with E-state index in [-0.39, 0.29) is 5.91 Å². The summed E-state index contributed by atoms with van der Waals surface area (Å²) < 4.78 is 10.6. The molecule has 1 aliphatic heterocycles. The van der Waals surface area contributed by atoms with Crippen molar-refractivity contribution < 1.29 is 14.3 Å². The first-order valence-electron chi connectivity index (χ1n) is 11.2. The molecular weight excluding hydrogens is 466 g/mol. The number of ether oxygens (including phenoxy) is 2. The number of nitrogens with one attached hydrogen (secondary N) is 1. The number of carbonyl (C=O) groups is 1. The van der Waals surface area contributed by atoms with E-state index >= 15 is 0 Å². The van der Waals surface area contributed by atoms with E-state index in [1.165, 1.54) is 18.4 Å². The second kappa shape index (κ2) is 11.6. The van der Waals surface area contributed by atoms with Crippen molar-refractivity contribution in [3.63, 3.8) is 0 Å². The molecule has 35 heavy (non-hydrogen) atoms. The SMILES string of the molecule is C=N/C(=C\C=C/C)c1nc(N2CCOCC2)c2c(C(=O)NCCc3ccnc(OC)n3)csc2n1. The van der Waals surface area contributed by atoms with E-state index < -0.39 is 0 Å². The lowest BCUT2D eigenvalue weighted by Crippen LogP contribution is -2.37. The molecule has 0 saturated carbocycles. The van der Waals surface area contributed by atoms with Crippen molar-refractivity contribution in [1.29, 1.82) is 0 Å². The number of carbonyl (C=O) groups excluding carboxylic acids is 1. The molecule has 0 aliphatic carbocycles. The van der Waals surface area contributed by atoms with Crippen LogP contribution in [0.2, 0.25) is 0 Å². The monoisotopic (exact) mass is 493 g/mol. The Kier molecular flexibility index (Phi) is 8.11. The van der Waals surface area contributed by atoms with Crippen LogP contribution in [0.5, 0.6) is 6.01 Å². The summed E-state index contributed by atoms with van der Waals surface area (Å²) in [5, 5.41) is 5.55. The molecule has 0 atom stereocenters. The topological polar surface area (TPSA) is 115 Å². The molecule has 1 fully saturated rings. The van der Waals surface area contributed by atoms with Crippen molar-refractivity contribution in [3.8, 4) is 6.01 Å². The van der Waals surface area contributed by atoms with Crippen molar-refractivity contribution in [2.24, 2.45) is 4.99 Å². The van der Waals surface area contributed by atoms with E-state index in [9.17, 15) is 4.79 Å². The number of fused-ring (bicyclic) bond motifs is 1. The Morgan fingerprint density at radius 1 is 1.34 bits per heavy atom. The van der Waals surface area contributed by atoms with Gasteiger partial charge in [0.05, 0.1) is 31.3 Å². The average Bonchev–Trinajstić information content (AvgIpc) is 3.33. The van der Waals surface area contributed by atoms with Gasteiger partial charge in [0.25, 0.3) is 5.91 Å². The van der Waals surface area contributed by atoms with Gasteiger partial charge in [-0.05, 0) is 25.8 Å². The molecule has 11 heteroatoms. The number of thiophene rings is 1. The summed E-state index contributed by atoms with van der Waals surface area (Å²) in [6.07, 6.45) is 7.77. The molecule has 1 amide bonds. The third-order valence-electron chi connectivity index (χ3n) is 5.36. The Morgan fingerprint density at radius 3 is 2.91 bits per heavy atom. The Morgan fingerprint density at radius 2 is 2.17 bits per heavy atom. The van der Waals surface area contributed by atoms with Gasteiger partial charge >= 0.3 is 6.01 Å². The zero-order valence-electron chi connectivity index (χ0n) is 19.7. The van der Waals surface area contributed by atoms with Gasteiger partial charge in [-0.1, -0.05) is 12.2 Å². The molecule has 4 heterocycles. The zero-order valence-corrected chi connectivity index (χ0v) is 20.5. The van der Waals surface area contributed by atoms with E-state index in [1.54, 1.807) is 12.3 Å². The normalized spacial score (nSPS) is 14.5. The third kappa shape index (κ3) is 5.69. The first-order valence-corrected chi connectivity index (χ1v) is 12.1. The Labute approximate surface area is 207 Å². The van der Waals surface area contributed by atoms with Crippen LogP contribution in [0.15, 0.2) is 40.9 Å². The maximum atomic E-state index is 13.2. The molecule has 0 radical (unpaired) electrons. The molecule has 3 aromatic heterocycles. The number of aromatic nitrogens is 4. The highest BCUT2D eigenvalue weighted by Gasteiger charge is 2.24. The standard InChI is InChI=1S/C24H27N7O3S/c1-4-5-6-18(25-2)20-29-21(31-11-13-34-14-12-31)19-17(15-35-23(19)30-20)22(32)26-9-7-16-8-10-27-24(28-16)33-3/h4-6,8,10,15H,2,7,9,11-14H2,1,3H3,(H,26,32)/b5-4-,18-6-. The van der Waals surface area contributed by atoms with E-state index in [4.69, 9.17) is 19.4 Å². The van der Waals surface area contributed by atoms with Gasteiger partial charge in [0.15, 0.2) is 5.82 Å². The van der Waals surface area contributed by atoms with Crippen LogP contribution in [0.1, 0.15) is 28.8 Å². The molecule has 10 nitrogen and oxygen atoms in total. The number of nitrogens with zero attached hydrogens (tertiary/aromatic N) is 6. The Hall–Kier alpha value is -3.70. The first kappa shape index (κ1) is 24.4. The summed E-state index contributed by atoms with van der Waals surface area (Å²) in [5.74, 6) is 0.989. The molecule has 0 aromatic carbocycles. The number of amides is 1. The largest absolute Gasteiger partial charge is 0.467 e. The van der Waals surface area contributed by atoms with Gasteiger partial charge in [0, 0.05) is 43.3 Å². The highest BCUT2D eigenvalue weighted by Crippen LogP contribution is 2.34. The number of hydrogen-bond acceptors (Lipinski definition) is 10. The van der Waals surface area contributed by atoms with Crippen molar-refractivity contribution in [2.75, 3.05) is 44.9 Å². The van der Waals surface area contributed by atoms with Crippen LogP contribution in [-0.2, 0) is 11.2 Å². The number of hydrogen-bond donors (Lipinski definition) is 1. The molecule has 0 unspecified atom stereocenters. The summed E-state index contributed by atoms with van der Waals surface area (Å²) in [7, 11) is 1.52. The minimum atomic E-state index is -0.186. The molecule has 0 spiro atoms. The smallest absolute Gasteiger partial charge is 0.316 e. The fourth-order valence-corrected chi connectivity index (χ4v) is 4.52. The fraction of sp³-hybridized carbons (Fsp3) is 0.333. The van der Waals surface area contributed by atoms with Crippen molar-refractivity contribution in [2.45, 2.75) is 13.3 Å². The number of rotatable bonds is 9. The highest BCUT2D eigenvalue weighted by atomic mass is 32.1. The summed E-state index contributed by atoms with van der Waals surface area (Å²) in [6.45, 7) is 8.54. The molecule has 182 valence electrons. The molecule has 0 bridgehead atoms. The predicted molar refractivity (Wildman–Crippen MR) is 137 cm³/mol. The van der Waals surface area contributed by atoms with Crippen molar-refractivity contribution in [1.82, 2.24) is 25.3 Å². The highest BCUT2D eigenvalue weighted by molar-refractivity contribution is 7.17. The quantitative estimate of drug-likeness (QED) is 0.357. The average molecular weight is 494 g/mol. The fourth-order valence-electron chi connectivity index (χ4n) is 3.61. The summed E-state index contributed by atoms with van der Waals surface area (Å²) in [5.41, 5.74) is 1.90. The predicted octanol–water partition coefficient (Wildman–Crippen LogP) is 2.92. The summed E-state index contributed by atoms with van der Waals surface area (Å²) in [6, 6.07) is 2.10. The number of allylic oxidation sites excluding steroid dienone is 3. The minimum Gasteiger partial charge on any atom is -0.467 e. The van der Waals surface area contributed by atoms with Crippen molar-refractivity contribution >= 4 is 45.7 Å². The lowest BCUT2D eigenvalue weighted by atomic mass is 10.2. The second-order valence-corrected chi connectivity index (χ2v) is 8.43. The first-order chi connectivity index (χ1) is 17.1. The second-order valence-electron chi connectivity index (χ2n) is 7.58. The minimum absolute atomic E-state index is 0.186. The Balaban J connectivity index is 1.63. The molecule has 1 N–H and O–H groups in total. The maximum absolute atomic E-state index is 13.2. The Bertz CT molecular complexity index is 1270. The van der Waals surface area contributed by atoms with Gasteiger partial charge in [-0.3, -0.25) is 9.79 Å². The number of methoxy groups -OCH3 is 1. The number of morpholine rings is 1. The lowest BCUT2D eigenvalue weighted by Gasteiger charge is -2.28. The van der Waals surface area contributed by atoms with E-state index in [0.717, 1.165) is 15.9 Å². The van der Waals surface area contributed by atoms with Gasteiger partial charge in [-0.25, -0.2) is 19.9 Å². The van der Waals surface area contributed by atoms with E-state index in [2.05, 4.69) is 31.9 Å². The maximum Gasteiger partial charge on any atom is 0.316 e. The van der Waals surface area contributed by atoms with Crippen LogP contribution < -0.4 is 15.0 Å². The zero-order chi connectivity index (χ0) is 24.6. The van der Waals surface area contributed by atoms with Crippen molar-refractivity contribution in [3.05, 3.63) is 53.0 Å². The summed E-state index contributed by atoms with van der Waals surface area (Å²) >= 11 is 1.41. The van der Waals surface area contributed by atoms with Crippen LogP contribution in [0.25, 0.3) is 15.9 Å². The van der Waals surface area contributed by atoms with Gasteiger partial charge in [0.1, 0.15) is 16.3 Å². The van der Waals surface area contributed by atoms with Crippen LogP contribution in [0, 0.1) is 0 Å².